The van der Waals surface area contributed by atoms with Crippen LogP contribution in [-0.4, -0.2) is 23.2 Å². The number of hydrogen-bond acceptors (Lipinski definition) is 4. The summed E-state index contributed by atoms with van der Waals surface area (Å²) in [5.74, 6) is -0.00751. The molecule has 1 unspecified atom stereocenters. The van der Waals surface area contributed by atoms with E-state index in [1.165, 1.54) is 11.8 Å². The fourth-order valence-electron chi connectivity index (χ4n) is 1.61. The summed E-state index contributed by atoms with van der Waals surface area (Å²) in [6.45, 7) is 5.29. The van der Waals surface area contributed by atoms with Gasteiger partial charge in [-0.15, -0.1) is 11.8 Å². The minimum Gasteiger partial charge on any atom is -0.369 e. The van der Waals surface area contributed by atoms with E-state index in [1.54, 1.807) is 6.20 Å². The van der Waals surface area contributed by atoms with Crippen LogP contribution in [0, 0.1) is 0 Å². The molecule has 0 aliphatic carbocycles. The molecule has 0 fully saturated rings. The van der Waals surface area contributed by atoms with Crippen molar-refractivity contribution in [2.75, 3.05) is 12.3 Å². The standard InChI is InChI=1S/C13H21N3OS/c1-3-7-15-11(4-2)12-6-5-10(8-16-12)18-9-13(14)17/h5-6,8,11,15H,3-4,7,9H2,1-2H3,(H2,14,17). The third-order valence-electron chi connectivity index (χ3n) is 2.55. The lowest BCUT2D eigenvalue weighted by atomic mass is 10.1. The maximum Gasteiger partial charge on any atom is 0.227 e. The summed E-state index contributed by atoms with van der Waals surface area (Å²) in [5, 5.41) is 3.46. The highest BCUT2D eigenvalue weighted by molar-refractivity contribution is 8.00. The van der Waals surface area contributed by atoms with Gasteiger partial charge >= 0.3 is 0 Å². The molecular formula is C13H21N3OS. The van der Waals surface area contributed by atoms with Crippen LogP contribution >= 0.6 is 11.8 Å². The van der Waals surface area contributed by atoms with Crippen LogP contribution in [0.4, 0.5) is 0 Å². The van der Waals surface area contributed by atoms with Gasteiger partial charge in [-0.25, -0.2) is 0 Å². The van der Waals surface area contributed by atoms with Crippen molar-refractivity contribution in [3.8, 4) is 0 Å². The molecule has 1 atom stereocenters. The predicted molar refractivity (Wildman–Crippen MR) is 75.5 cm³/mol. The van der Waals surface area contributed by atoms with Crippen molar-refractivity contribution >= 4 is 17.7 Å². The second kappa shape index (κ2) is 8.11. The largest absolute Gasteiger partial charge is 0.369 e. The molecule has 1 amide bonds. The normalized spacial score (nSPS) is 12.3. The Morgan fingerprint density at radius 3 is 2.78 bits per heavy atom. The topological polar surface area (TPSA) is 68.0 Å². The van der Waals surface area contributed by atoms with E-state index in [0.717, 1.165) is 30.0 Å². The molecule has 0 saturated carbocycles. The number of hydrogen-bond donors (Lipinski definition) is 2. The second-order valence-corrected chi connectivity index (χ2v) is 5.14. The summed E-state index contributed by atoms with van der Waals surface area (Å²) in [5.41, 5.74) is 6.15. The summed E-state index contributed by atoms with van der Waals surface area (Å²) >= 11 is 1.42. The van der Waals surface area contributed by atoms with Gasteiger partial charge < -0.3 is 11.1 Å². The number of thioether (sulfide) groups is 1. The molecule has 1 aromatic heterocycles. The number of nitrogens with one attached hydrogen (secondary N) is 1. The van der Waals surface area contributed by atoms with E-state index < -0.39 is 0 Å². The first-order valence-electron chi connectivity index (χ1n) is 6.27. The van der Waals surface area contributed by atoms with E-state index in [2.05, 4.69) is 24.1 Å². The third-order valence-corrected chi connectivity index (χ3v) is 3.55. The van der Waals surface area contributed by atoms with Gasteiger partial charge in [0.15, 0.2) is 0 Å². The van der Waals surface area contributed by atoms with E-state index in [1.807, 2.05) is 12.1 Å². The fraction of sp³-hybridized carbons (Fsp3) is 0.538. The number of primary amides is 1. The van der Waals surface area contributed by atoms with E-state index >= 15 is 0 Å². The zero-order chi connectivity index (χ0) is 13.4. The average molecular weight is 267 g/mol. The first-order chi connectivity index (χ1) is 8.67. The Morgan fingerprint density at radius 1 is 1.50 bits per heavy atom. The van der Waals surface area contributed by atoms with E-state index in [4.69, 9.17) is 5.73 Å². The molecule has 1 rings (SSSR count). The second-order valence-electron chi connectivity index (χ2n) is 4.09. The summed E-state index contributed by atoms with van der Waals surface area (Å²) < 4.78 is 0. The van der Waals surface area contributed by atoms with Gasteiger partial charge in [0.25, 0.3) is 0 Å². The van der Waals surface area contributed by atoms with Crippen molar-refractivity contribution < 1.29 is 4.79 Å². The Morgan fingerprint density at radius 2 is 2.28 bits per heavy atom. The monoisotopic (exact) mass is 267 g/mol. The smallest absolute Gasteiger partial charge is 0.227 e. The van der Waals surface area contributed by atoms with Crippen molar-refractivity contribution in [2.45, 2.75) is 37.6 Å². The molecule has 0 bridgehead atoms. The van der Waals surface area contributed by atoms with Crippen LogP contribution in [0.15, 0.2) is 23.2 Å². The molecule has 5 heteroatoms. The molecule has 0 radical (unpaired) electrons. The fourth-order valence-corrected chi connectivity index (χ4v) is 2.21. The number of carbonyl (C=O) groups is 1. The first-order valence-corrected chi connectivity index (χ1v) is 7.26. The molecule has 0 aliphatic rings. The number of carbonyl (C=O) groups excluding carboxylic acids is 1. The highest BCUT2D eigenvalue weighted by Gasteiger charge is 2.09. The van der Waals surface area contributed by atoms with Gasteiger partial charge in [0.1, 0.15) is 0 Å². The van der Waals surface area contributed by atoms with E-state index in [0.29, 0.717) is 11.8 Å². The van der Waals surface area contributed by atoms with E-state index in [9.17, 15) is 4.79 Å². The van der Waals surface area contributed by atoms with Gasteiger partial charge in [0, 0.05) is 17.1 Å². The van der Waals surface area contributed by atoms with E-state index in [-0.39, 0.29) is 5.91 Å². The van der Waals surface area contributed by atoms with Gasteiger partial charge in [-0.2, -0.15) is 0 Å². The van der Waals surface area contributed by atoms with Crippen LogP contribution in [-0.2, 0) is 4.79 Å². The maximum atomic E-state index is 10.7. The molecule has 0 spiro atoms. The number of nitrogens with two attached hydrogens (primary N) is 1. The summed E-state index contributed by atoms with van der Waals surface area (Å²) in [6.07, 6.45) is 3.93. The Labute approximate surface area is 113 Å². The highest BCUT2D eigenvalue weighted by atomic mass is 32.2. The number of amides is 1. The molecular weight excluding hydrogens is 246 g/mol. The Bertz CT molecular complexity index is 367. The SMILES string of the molecule is CCCNC(CC)c1ccc(SCC(N)=O)cn1. The van der Waals surface area contributed by atoms with Crippen LogP contribution in [0.1, 0.15) is 38.4 Å². The van der Waals surface area contributed by atoms with Crippen LogP contribution in [0.3, 0.4) is 0 Å². The van der Waals surface area contributed by atoms with Gasteiger partial charge in [-0.05, 0) is 31.5 Å². The predicted octanol–water partition coefficient (Wildman–Crippen LogP) is 2.11. The van der Waals surface area contributed by atoms with Gasteiger partial charge in [0.05, 0.1) is 11.4 Å². The molecule has 1 aromatic rings. The lowest BCUT2D eigenvalue weighted by Crippen LogP contribution is -2.22. The van der Waals surface area contributed by atoms with Crippen LogP contribution < -0.4 is 11.1 Å². The molecule has 0 aromatic carbocycles. The van der Waals surface area contributed by atoms with Gasteiger partial charge in [0.2, 0.25) is 5.91 Å². The number of pyridine rings is 1. The van der Waals surface area contributed by atoms with Crippen molar-refractivity contribution in [1.29, 1.82) is 0 Å². The molecule has 1 heterocycles. The van der Waals surface area contributed by atoms with Crippen LogP contribution in [0.25, 0.3) is 0 Å². The lowest BCUT2D eigenvalue weighted by molar-refractivity contribution is -0.115. The van der Waals surface area contributed by atoms with Gasteiger partial charge in [-0.1, -0.05) is 13.8 Å². The molecule has 3 N–H and O–H groups in total. The highest BCUT2D eigenvalue weighted by Crippen LogP contribution is 2.20. The summed E-state index contributed by atoms with van der Waals surface area (Å²) in [6, 6.07) is 4.31. The number of aromatic nitrogens is 1. The minimum absolute atomic E-state index is 0.298. The van der Waals surface area contributed by atoms with Crippen molar-refractivity contribution in [3.05, 3.63) is 24.0 Å². The molecule has 100 valence electrons. The average Bonchev–Trinajstić information content (AvgIpc) is 2.38. The van der Waals surface area contributed by atoms with Crippen molar-refractivity contribution in [3.63, 3.8) is 0 Å². The maximum absolute atomic E-state index is 10.7. The Hall–Kier alpha value is -1.07. The first kappa shape index (κ1) is 15.0. The number of nitrogens with zero attached hydrogens (tertiary/aromatic N) is 1. The molecule has 4 nitrogen and oxygen atoms in total. The zero-order valence-corrected chi connectivity index (χ0v) is 11.8. The summed E-state index contributed by atoms with van der Waals surface area (Å²) in [7, 11) is 0. The third kappa shape index (κ3) is 5.06. The van der Waals surface area contributed by atoms with Gasteiger partial charge in [-0.3, -0.25) is 9.78 Å². The van der Waals surface area contributed by atoms with Crippen molar-refractivity contribution in [2.24, 2.45) is 5.73 Å². The molecule has 18 heavy (non-hydrogen) atoms. The minimum atomic E-state index is -0.305. The number of rotatable bonds is 8. The Kier molecular flexibility index (Phi) is 6.75. The van der Waals surface area contributed by atoms with Crippen molar-refractivity contribution in [1.82, 2.24) is 10.3 Å². The lowest BCUT2D eigenvalue weighted by Gasteiger charge is -2.16. The van der Waals surface area contributed by atoms with Crippen LogP contribution in [0.5, 0.6) is 0 Å². The molecule has 0 aliphatic heterocycles. The van der Waals surface area contributed by atoms with Crippen LogP contribution in [0.2, 0.25) is 0 Å². The zero-order valence-electron chi connectivity index (χ0n) is 11.0. The Balaban J connectivity index is 2.59. The summed E-state index contributed by atoms with van der Waals surface area (Å²) in [4.78, 5) is 16.1. The molecule has 0 saturated heterocycles. The quantitative estimate of drug-likeness (QED) is 0.708.